The van der Waals surface area contributed by atoms with Gasteiger partial charge in [0.2, 0.25) is 5.88 Å². The summed E-state index contributed by atoms with van der Waals surface area (Å²) in [6, 6.07) is 1.41. The van der Waals surface area contributed by atoms with Gasteiger partial charge in [0.25, 0.3) is 0 Å². The van der Waals surface area contributed by atoms with Gasteiger partial charge in [0.15, 0.2) is 5.69 Å². The van der Waals surface area contributed by atoms with E-state index in [0.29, 0.717) is 5.88 Å². The molecule has 0 unspecified atom stereocenters. The molecule has 1 rings (SSSR count). The highest BCUT2D eigenvalue weighted by Crippen LogP contribution is 2.15. The van der Waals surface area contributed by atoms with E-state index >= 15 is 0 Å². The van der Waals surface area contributed by atoms with Crippen LogP contribution in [0, 0.1) is 0 Å². The fraction of sp³-hybridized carbons (Fsp3) is 0.500. The predicted molar refractivity (Wildman–Crippen MR) is 46.1 cm³/mol. The highest BCUT2D eigenvalue weighted by atomic mass is 16.5. The van der Waals surface area contributed by atoms with E-state index in [1.165, 1.54) is 17.9 Å². The van der Waals surface area contributed by atoms with Gasteiger partial charge in [-0.25, -0.2) is 4.79 Å². The molecule has 1 heterocycles. The molecular weight excluding hydrogens is 172 g/mol. The van der Waals surface area contributed by atoms with Gasteiger partial charge < -0.3 is 9.84 Å². The van der Waals surface area contributed by atoms with E-state index < -0.39 is 5.97 Å². The Morgan fingerprint density at radius 1 is 1.69 bits per heavy atom. The number of carboxylic acids is 1. The predicted octanol–water partition coefficient (Wildman–Crippen LogP) is 1.17. The lowest BCUT2D eigenvalue weighted by atomic mass is 10.3. The van der Waals surface area contributed by atoms with Gasteiger partial charge in [0.05, 0.1) is 7.11 Å². The number of rotatable bonds is 3. The molecule has 0 fully saturated rings. The first-order chi connectivity index (χ1) is 6.06. The SMILES string of the molecule is COc1cc(C(=O)O)n(C(C)C)n1. The lowest BCUT2D eigenvalue weighted by Gasteiger charge is -2.06. The zero-order chi connectivity index (χ0) is 10.0. The maximum absolute atomic E-state index is 10.7. The number of nitrogens with zero attached hydrogens (tertiary/aromatic N) is 2. The molecule has 0 saturated carbocycles. The van der Waals surface area contributed by atoms with Crippen LogP contribution in [0.3, 0.4) is 0 Å². The summed E-state index contributed by atoms with van der Waals surface area (Å²) >= 11 is 0. The first kappa shape index (κ1) is 9.57. The zero-order valence-electron chi connectivity index (χ0n) is 7.81. The van der Waals surface area contributed by atoms with Crippen LogP contribution in [0.2, 0.25) is 0 Å². The minimum atomic E-state index is -0.996. The van der Waals surface area contributed by atoms with E-state index in [-0.39, 0.29) is 11.7 Å². The Balaban J connectivity index is 3.15. The summed E-state index contributed by atoms with van der Waals surface area (Å²) in [6.45, 7) is 3.72. The van der Waals surface area contributed by atoms with Crippen LogP contribution in [-0.2, 0) is 0 Å². The third kappa shape index (κ3) is 1.80. The van der Waals surface area contributed by atoms with Crippen molar-refractivity contribution in [3.63, 3.8) is 0 Å². The first-order valence-electron chi connectivity index (χ1n) is 3.93. The van der Waals surface area contributed by atoms with Crippen molar-refractivity contribution in [2.24, 2.45) is 0 Å². The minimum Gasteiger partial charge on any atom is -0.480 e. The second-order valence-electron chi connectivity index (χ2n) is 2.92. The molecule has 1 N–H and O–H groups in total. The van der Waals surface area contributed by atoms with E-state index in [1.807, 2.05) is 13.8 Å². The molecule has 5 nitrogen and oxygen atoms in total. The van der Waals surface area contributed by atoms with Gasteiger partial charge in [-0.05, 0) is 13.8 Å². The topological polar surface area (TPSA) is 64.3 Å². The molecule has 1 aromatic rings. The Labute approximate surface area is 75.9 Å². The summed E-state index contributed by atoms with van der Waals surface area (Å²) in [6.07, 6.45) is 0. The lowest BCUT2D eigenvalue weighted by molar-refractivity contribution is 0.0681. The van der Waals surface area contributed by atoms with Gasteiger partial charge in [0, 0.05) is 12.1 Å². The van der Waals surface area contributed by atoms with Crippen LogP contribution in [-0.4, -0.2) is 28.0 Å². The second-order valence-corrected chi connectivity index (χ2v) is 2.92. The number of aromatic nitrogens is 2. The molecule has 0 aliphatic carbocycles. The van der Waals surface area contributed by atoms with Gasteiger partial charge in [-0.2, -0.15) is 0 Å². The summed E-state index contributed by atoms with van der Waals surface area (Å²) in [5, 5.41) is 12.8. The monoisotopic (exact) mass is 184 g/mol. The van der Waals surface area contributed by atoms with Crippen LogP contribution in [0.4, 0.5) is 0 Å². The Kier molecular flexibility index (Phi) is 2.55. The summed E-state index contributed by atoms with van der Waals surface area (Å²) in [5.74, 6) is -0.671. The van der Waals surface area contributed by atoms with Crippen LogP contribution in [0.25, 0.3) is 0 Å². The Bertz CT molecular complexity index is 317. The maximum atomic E-state index is 10.7. The number of hydrogen-bond donors (Lipinski definition) is 1. The highest BCUT2D eigenvalue weighted by Gasteiger charge is 2.16. The molecular formula is C8H12N2O3. The van der Waals surface area contributed by atoms with Crippen LogP contribution in [0.1, 0.15) is 30.4 Å². The second kappa shape index (κ2) is 3.47. The summed E-state index contributed by atoms with van der Waals surface area (Å²) in [4.78, 5) is 10.7. The molecule has 0 aromatic carbocycles. The van der Waals surface area contributed by atoms with Crippen LogP contribution >= 0.6 is 0 Å². The third-order valence-corrected chi connectivity index (χ3v) is 1.63. The molecule has 5 heteroatoms. The average Bonchev–Trinajstić information content (AvgIpc) is 2.47. The van der Waals surface area contributed by atoms with Crippen LogP contribution < -0.4 is 4.74 Å². The molecule has 0 amide bonds. The molecule has 0 bridgehead atoms. The van der Waals surface area contributed by atoms with Gasteiger partial charge >= 0.3 is 5.97 Å². The zero-order valence-corrected chi connectivity index (χ0v) is 7.81. The highest BCUT2D eigenvalue weighted by molar-refractivity contribution is 5.86. The standard InChI is InChI=1S/C8H12N2O3/c1-5(2)10-6(8(11)12)4-7(9-10)13-3/h4-5H,1-3H3,(H,11,12). The number of aromatic carboxylic acids is 1. The van der Waals surface area contributed by atoms with Crippen molar-refractivity contribution in [1.29, 1.82) is 0 Å². The molecule has 0 aliphatic heterocycles. The van der Waals surface area contributed by atoms with Crippen molar-refractivity contribution >= 4 is 5.97 Å². The summed E-state index contributed by atoms with van der Waals surface area (Å²) in [5.41, 5.74) is 0.145. The van der Waals surface area contributed by atoms with Crippen LogP contribution in [0.15, 0.2) is 6.07 Å². The number of methoxy groups -OCH3 is 1. The van der Waals surface area contributed by atoms with Crippen LogP contribution in [0.5, 0.6) is 5.88 Å². The molecule has 72 valence electrons. The normalized spacial score (nSPS) is 10.5. The van der Waals surface area contributed by atoms with E-state index in [9.17, 15) is 4.79 Å². The molecule has 0 aliphatic rings. The van der Waals surface area contributed by atoms with Crippen molar-refractivity contribution in [1.82, 2.24) is 9.78 Å². The maximum Gasteiger partial charge on any atom is 0.354 e. The van der Waals surface area contributed by atoms with Gasteiger partial charge in [0.1, 0.15) is 0 Å². The average molecular weight is 184 g/mol. The molecule has 0 spiro atoms. The number of hydrogen-bond acceptors (Lipinski definition) is 3. The molecule has 0 saturated heterocycles. The quantitative estimate of drug-likeness (QED) is 0.765. The van der Waals surface area contributed by atoms with Gasteiger partial charge in [-0.1, -0.05) is 0 Å². The van der Waals surface area contributed by atoms with E-state index in [2.05, 4.69) is 5.10 Å². The number of carbonyl (C=O) groups is 1. The fourth-order valence-corrected chi connectivity index (χ4v) is 1.03. The molecule has 1 aromatic heterocycles. The Morgan fingerprint density at radius 2 is 2.31 bits per heavy atom. The van der Waals surface area contributed by atoms with Crippen molar-refractivity contribution in [3.05, 3.63) is 11.8 Å². The van der Waals surface area contributed by atoms with Crippen molar-refractivity contribution in [2.75, 3.05) is 7.11 Å². The van der Waals surface area contributed by atoms with Crippen molar-refractivity contribution in [3.8, 4) is 5.88 Å². The van der Waals surface area contributed by atoms with E-state index in [1.54, 1.807) is 0 Å². The van der Waals surface area contributed by atoms with E-state index in [4.69, 9.17) is 9.84 Å². The minimum absolute atomic E-state index is 0.00926. The smallest absolute Gasteiger partial charge is 0.354 e. The Morgan fingerprint density at radius 3 is 2.62 bits per heavy atom. The van der Waals surface area contributed by atoms with Crippen molar-refractivity contribution < 1.29 is 14.6 Å². The van der Waals surface area contributed by atoms with Gasteiger partial charge in [-0.3, -0.25) is 4.68 Å². The third-order valence-electron chi connectivity index (χ3n) is 1.63. The summed E-state index contributed by atoms with van der Waals surface area (Å²) in [7, 11) is 1.46. The van der Waals surface area contributed by atoms with Crippen molar-refractivity contribution in [2.45, 2.75) is 19.9 Å². The van der Waals surface area contributed by atoms with Gasteiger partial charge in [-0.15, -0.1) is 5.10 Å². The molecule has 13 heavy (non-hydrogen) atoms. The number of ether oxygens (including phenoxy) is 1. The first-order valence-corrected chi connectivity index (χ1v) is 3.93. The molecule has 0 radical (unpaired) electrons. The number of carboxylic acid groups (broad SMARTS) is 1. The lowest BCUT2D eigenvalue weighted by Crippen LogP contribution is -2.11. The largest absolute Gasteiger partial charge is 0.480 e. The molecule has 0 atom stereocenters. The summed E-state index contributed by atoms with van der Waals surface area (Å²) < 4.78 is 6.26. The van der Waals surface area contributed by atoms with E-state index in [0.717, 1.165) is 0 Å². The fourth-order valence-electron chi connectivity index (χ4n) is 1.03. The Hall–Kier alpha value is -1.52.